The van der Waals surface area contributed by atoms with Crippen LogP contribution >= 0.6 is 31.9 Å². The minimum Gasteiger partial charge on any atom is -0.291 e. The van der Waals surface area contributed by atoms with Gasteiger partial charge in [0, 0.05) is 27.0 Å². The Bertz CT molecular complexity index is 1630. The Balaban J connectivity index is 1.74. The molecule has 184 valence electrons. The first-order valence-corrected chi connectivity index (χ1v) is 13.2. The lowest BCUT2D eigenvalue weighted by atomic mass is 9.90. The van der Waals surface area contributed by atoms with Crippen molar-refractivity contribution in [3.05, 3.63) is 149 Å². The smallest absolute Gasteiger partial charge is 0.270 e. The fraction of sp³-hybridized carbons (Fsp3) is 0.103. The summed E-state index contributed by atoms with van der Waals surface area (Å²) in [6, 6.07) is 30.1. The molecule has 0 aliphatic rings. The third kappa shape index (κ3) is 5.55. The van der Waals surface area contributed by atoms with Gasteiger partial charge in [0.15, 0.2) is 0 Å². The summed E-state index contributed by atoms with van der Waals surface area (Å²) in [6.45, 7) is 0.288. The lowest BCUT2D eigenvalue weighted by molar-refractivity contribution is -0.384. The molecule has 8 heteroatoms. The summed E-state index contributed by atoms with van der Waals surface area (Å²) in [6.07, 6.45) is 0.628. The number of rotatable bonds is 7. The second-order valence-electron chi connectivity index (χ2n) is 8.74. The molecule has 0 spiro atoms. The monoisotopic (exact) mass is 617 g/mol. The van der Waals surface area contributed by atoms with Gasteiger partial charge in [0.1, 0.15) is 5.82 Å². The van der Waals surface area contributed by atoms with Gasteiger partial charge in [0.05, 0.1) is 22.4 Å². The topological polar surface area (TPSA) is 78.0 Å². The molecule has 0 amide bonds. The van der Waals surface area contributed by atoms with E-state index < -0.39 is 4.92 Å². The van der Waals surface area contributed by atoms with Gasteiger partial charge in [-0.3, -0.25) is 19.5 Å². The van der Waals surface area contributed by atoms with Crippen molar-refractivity contribution in [3.63, 3.8) is 0 Å². The number of halogens is 2. The van der Waals surface area contributed by atoms with Gasteiger partial charge in [-0.25, -0.2) is 4.98 Å². The number of hydrogen-bond acceptors (Lipinski definition) is 4. The zero-order valence-corrected chi connectivity index (χ0v) is 22.7. The van der Waals surface area contributed by atoms with Crippen molar-refractivity contribution in [1.29, 1.82) is 0 Å². The molecule has 1 heterocycles. The van der Waals surface area contributed by atoms with E-state index in [1.165, 1.54) is 12.1 Å². The lowest BCUT2D eigenvalue weighted by Crippen LogP contribution is -2.28. The average Bonchev–Trinajstić information content (AvgIpc) is 2.91. The largest absolute Gasteiger partial charge is 0.291 e. The second kappa shape index (κ2) is 10.8. The van der Waals surface area contributed by atoms with Gasteiger partial charge in [-0.05, 0) is 53.4 Å². The van der Waals surface area contributed by atoms with E-state index in [1.807, 2.05) is 66.7 Å². The summed E-state index contributed by atoms with van der Waals surface area (Å²) < 4.78 is 3.59. The van der Waals surface area contributed by atoms with E-state index in [2.05, 4.69) is 44.0 Å². The number of nitrogens with zero attached hydrogens (tertiary/aromatic N) is 3. The number of non-ortho nitro benzene ring substituents is 1. The third-order valence-electron chi connectivity index (χ3n) is 6.30. The van der Waals surface area contributed by atoms with Gasteiger partial charge in [0.25, 0.3) is 11.2 Å². The molecule has 1 aromatic heterocycles. The highest BCUT2D eigenvalue weighted by Gasteiger charge is 2.24. The highest BCUT2D eigenvalue weighted by atomic mass is 79.9. The Morgan fingerprint density at radius 3 is 2.08 bits per heavy atom. The van der Waals surface area contributed by atoms with Crippen molar-refractivity contribution in [2.75, 3.05) is 0 Å². The summed E-state index contributed by atoms with van der Waals surface area (Å²) in [7, 11) is 0. The number of hydrogen-bond donors (Lipinski definition) is 0. The number of benzene rings is 4. The minimum atomic E-state index is -0.494. The van der Waals surface area contributed by atoms with E-state index in [9.17, 15) is 14.9 Å². The zero-order valence-electron chi connectivity index (χ0n) is 19.6. The molecule has 4 aromatic carbocycles. The Kier molecular flexibility index (Phi) is 7.30. The highest BCUT2D eigenvalue weighted by Crippen LogP contribution is 2.30. The van der Waals surface area contributed by atoms with Gasteiger partial charge in [0.2, 0.25) is 0 Å². The molecule has 0 N–H and O–H groups in total. The molecule has 6 nitrogen and oxygen atoms in total. The molecule has 0 unspecified atom stereocenters. The quantitative estimate of drug-likeness (QED) is 0.142. The Hall–Kier alpha value is -3.62. The second-order valence-corrected chi connectivity index (χ2v) is 10.6. The van der Waals surface area contributed by atoms with E-state index in [-0.39, 0.29) is 29.1 Å². The van der Waals surface area contributed by atoms with E-state index >= 15 is 0 Å². The normalized spacial score (nSPS) is 11.9. The van der Waals surface area contributed by atoms with E-state index in [0.717, 1.165) is 25.6 Å². The fourth-order valence-corrected chi connectivity index (χ4v) is 4.96. The fourth-order valence-electron chi connectivity index (χ4n) is 4.43. The predicted octanol–water partition coefficient (Wildman–Crippen LogP) is 7.25. The van der Waals surface area contributed by atoms with Crippen LogP contribution in [0, 0.1) is 10.1 Å². The first kappa shape index (κ1) is 25.0. The van der Waals surface area contributed by atoms with Crippen molar-refractivity contribution in [1.82, 2.24) is 9.55 Å². The molecule has 0 bridgehead atoms. The first-order valence-electron chi connectivity index (χ1n) is 11.6. The molecule has 0 saturated heterocycles. The molecular formula is C29H21Br2N3O3. The molecule has 1 atom stereocenters. The molecule has 5 aromatic rings. The van der Waals surface area contributed by atoms with Crippen LogP contribution in [-0.4, -0.2) is 14.5 Å². The van der Waals surface area contributed by atoms with Crippen molar-refractivity contribution >= 4 is 48.5 Å². The number of aromatic nitrogens is 2. The van der Waals surface area contributed by atoms with Crippen LogP contribution in [0.15, 0.2) is 111 Å². The minimum absolute atomic E-state index is 0.135. The van der Waals surface area contributed by atoms with Gasteiger partial charge >= 0.3 is 0 Å². The zero-order chi connectivity index (χ0) is 25.9. The molecule has 0 saturated carbocycles. The van der Waals surface area contributed by atoms with Crippen molar-refractivity contribution in [2.24, 2.45) is 0 Å². The van der Waals surface area contributed by atoms with E-state index in [4.69, 9.17) is 4.98 Å². The molecule has 0 radical (unpaired) electrons. The van der Waals surface area contributed by atoms with Crippen LogP contribution in [0.2, 0.25) is 0 Å². The highest BCUT2D eigenvalue weighted by molar-refractivity contribution is 9.10. The Morgan fingerprint density at radius 1 is 0.838 bits per heavy atom. The van der Waals surface area contributed by atoms with Gasteiger partial charge < -0.3 is 0 Å². The maximum Gasteiger partial charge on any atom is 0.270 e. The lowest BCUT2D eigenvalue weighted by Gasteiger charge is -2.22. The van der Waals surface area contributed by atoms with Gasteiger partial charge in [-0.15, -0.1) is 0 Å². The molecule has 37 heavy (non-hydrogen) atoms. The molecule has 5 rings (SSSR count). The Labute approximate surface area is 230 Å². The average molecular weight is 619 g/mol. The van der Waals surface area contributed by atoms with Gasteiger partial charge in [-0.2, -0.15) is 0 Å². The summed E-state index contributed by atoms with van der Waals surface area (Å²) in [5, 5.41) is 11.6. The molecule has 0 aliphatic carbocycles. The summed E-state index contributed by atoms with van der Waals surface area (Å²) >= 11 is 6.96. The van der Waals surface area contributed by atoms with E-state index in [1.54, 1.807) is 10.6 Å². The SMILES string of the molecule is O=c1c2cc([N+](=O)[O-])ccc2nc([C@H](Cc2ccc(Br)cc2)c2ccccc2)n1Cc1ccc(Br)cc1. The molecular weight excluding hydrogens is 598 g/mol. The Morgan fingerprint density at radius 2 is 1.46 bits per heavy atom. The maximum absolute atomic E-state index is 13.9. The van der Waals surface area contributed by atoms with Crippen LogP contribution in [0.1, 0.15) is 28.4 Å². The van der Waals surface area contributed by atoms with E-state index in [0.29, 0.717) is 17.8 Å². The van der Waals surface area contributed by atoms with Crippen LogP contribution in [-0.2, 0) is 13.0 Å². The standard InChI is InChI=1S/C29H21Br2N3O3/c30-22-10-6-19(7-11-22)16-25(21-4-2-1-3-5-21)28-32-27-15-14-24(34(36)37)17-26(27)29(35)33(28)18-20-8-12-23(31)13-9-20/h1-15,17,25H,16,18H2/t25-/m1/s1. The molecule has 0 aliphatic heterocycles. The summed E-state index contributed by atoms with van der Waals surface area (Å²) in [5.41, 5.74) is 3.06. The van der Waals surface area contributed by atoms with Crippen LogP contribution in [0.3, 0.4) is 0 Å². The predicted molar refractivity (Wildman–Crippen MR) is 152 cm³/mol. The molecule has 0 fully saturated rings. The van der Waals surface area contributed by atoms with Crippen LogP contribution in [0.25, 0.3) is 10.9 Å². The van der Waals surface area contributed by atoms with Crippen LogP contribution < -0.4 is 5.56 Å². The van der Waals surface area contributed by atoms with Crippen molar-refractivity contribution < 1.29 is 4.92 Å². The third-order valence-corrected chi connectivity index (χ3v) is 7.36. The van der Waals surface area contributed by atoms with Crippen LogP contribution in [0.4, 0.5) is 5.69 Å². The number of nitro benzene ring substituents is 1. The van der Waals surface area contributed by atoms with Crippen molar-refractivity contribution in [3.8, 4) is 0 Å². The number of nitro groups is 1. The van der Waals surface area contributed by atoms with Crippen LogP contribution in [0.5, 0.6) is 0 Å². The van der Waals surface area contributed by atoms with Crippen molar-refractivity contribution in [2.45, 2.75) is 18.9 Å². The number of fused-ring (bicyclic) bond motifs is 1. The summed E-state index contributed by atoms with van der Waals surface area (Å²) in [5.74, 6) is 0.397. The van der Waals surface area contributed by atoms with Gasteiger partial charge in [-0.1, -0.05) is 86.5 Å². The first-order chi connectivity index (χ1) is 17.9. The summed E-state index contributed by atoms with van der Waals surface area (Å²) in [4.78, 5) is 29.8. The maximum atomic E-state index is 13.9.